The van der Waals surface area contributed by atoms with Crippen LogP contribution in [0.25, 0.3) is 0 Å². The van der Waals surface area contributed by atoms with E-state index in [1.807, 2.05) is 0 Å². The Morgan fingerprint density at radius 1 is 1.36 bits per heavy atom. The molecule has 1 aliphatic rings. The zero-order valence-corrected chi connectivity index (χ0v) is 10.00. The highest BCUT2D eigenvalue weighted by molar-refractivity contribution is 4.80. The minimum atomic E-state index is 0.422. The van der Waals surface area contributed by atoms with E-state index in [2.05, 4.69) is 25.7 Å². The first-order valence-electron chi connectivity index (χ1n) is 6.09. The van der Waals surface area contributed by atoms with Crippen LogP contribution in [0.3, 0.4) is 0 Å². The smallest absolute Gasteiger partial charge is 0.0168 e. The van der Waals surface area contributed by atoms with Gasteiger partial charge in [-0.05, 0) is 45.1 Å². The van der Waals surface area contributed by atoms with Gasteiger partial charge < -0.3 is 5.73 Å². The molecule has 1 rings (SSSR count). The number of nitrogens with two attached hydrogens (primary N) is 1. The fourth-order valence-electron chi connectivity index (χ4n) is 2.22. The second-order valence-corrected chi connectivity index (χ2v) is 5.22. The zero-order valence-electron chi connectivity index (χ0n) is 10.00. The molecular weight excluding hydrogens is 172 g/mol. The van der Waals surface area contributed by atoms with Gasteiger partial charge in [0, 0.05) is 18.6 Å². The van der Waals surface area contributed by atoms with Gasteiger partial charge in [-0.15, -0.1) is 0 Å². The van der Waals surface area contributed by atoms with E-state index in [0.29, 0.717) is 6.04 Å². The summed E-state index contributed by atoms with van der Waals surface area (Å²) < 4.78 is 0. The van der Waals surface area contributed by atoms with Crippen molar-refractivity contribution in [2.24, 2.45) is 11.7 Å². The van der Waals surface area contributed by atoms with E-state index in [-0.39, 0.29) is 0 Å². The zero-order chi connectivity index (χ0) is 10.6. The van der Waals surface area contributed by atoms with Crippen molar-refractivity contribution in [2.45, 2.75) is 58.5 Å². The summed E-state index contributed by atoms with van der Waals surface area (Å²) >= 11 is 0. The summed E-state index contributed by atoms with van der Waals surface area (Å²) in [4.78, 5) is 2.57. The Hall–Kier alpha value is -0.0800. The van der Waals surface area contributed by atoms with Gasteiger partial charge in [-0.1, -0.05) is 13.8 Å². The van der Waals surface area contributed by atoms with Crippen molar-refractivity contribution in [3.63, 3.8) is 0 Å². The van der Waals surface area contributed by atoms with Crippen molar-refractivity contribution in [3.8, 4) is 0 Å². The Bertz CT molecular complexity index is 156. The molecular formula is C12H26N2. The quantitative estimate of drug-likeness (QED) is 0.750. The van der Waals surface area contributed by atoms with Gasteiger partial charge >= 0.3 is 0 Å². The van der Waals surface area contributed by atoms with Gasteiger partial charge in [-0.3, -0.25) is 4.90 Å². The molecule has 0 aliphatic carbocycles. The molecule has 2 nitrogen and oxygen atoms in total. The van der Waals surface area contributed by atoms with E-state index in [4.69, 9.17) is 5.73 Å². The Kier molecular flexibility index (Phi) is 4.90. The largest absolute Gasteiger partial charge is 0.327 e. The maximum absolute atomic E-state index is 5.98. The number of piperidine rings is 1. The predicted octanol–water partition coefficient (Wildman–Crippen LogP) is 2.23. The third-order valence-corrected chi connectivity index (χ3v) is 3.27. The SMILES string of the molecule is CC(C)CCCN1CC(N)CCC1C. The number of likely N-dealkylation sites (tertiary alicyclic amines) is 1. The van der Waals surface area contributed by atoms with Gasteiger partial charge in [0.25, 0.3) is 0 Å². The summed E-state index contributed by atoms with van der Waals surface area (Å²) in [5.74, 6) is 0.837. The first-order valence-corrected chi connectivity index (χ1v) is 6.09. The standard InChI is InChI=1S/C12H26N2/c1-10(2)5-4-8-14-9-12(13)7-6-11(14)3/h10-12H,4-9,13H2,1-3H3. The van der Waals surface area contributed by atoms with E-state index in [9.17, 15) is 0 Å². The van der Waals surface area contributed by atoms with Gasteiger partial charge in [-0.25, -0.2) is 0 Å². The minimum Gasteiger partial charge on any atom is -0.327 e. The summed E-state index contributed by atoms with van der Waals surface area (Å²) in [6.45, 7) is 9.28. The van der Waals surface area contributed by atoms with Crippen LogP contribution in [-0.4, -0.2) is 30.1 Å². The van der Waals surface area contributed by atoms with E-state index < -0.39 is 0 Å². The fourth-order valence-corrected chi connectivity index (χ4v) is 2.22. The second kappa shape index (κ2) is 5.72. The minimum absolute atomic E-state index is 0.422. The van der Waals surface area contributed by atoms with Crippen LogP contribution < -0.4 is 5.73 Å². The molecule has 1 aliphatic heterocycles. The van der Waals surface area contributed by atoms with Crippen molar-refractivity contribution in [1.29, 1.82) is 0 Å². The molecule has 1 heterocycles. The third-order valence-electron chi connectivity index (χ3n) is 3.27. The average molecular weight is 198 g/mol. The molecule has 1 saturated heterocycles. The van der Waals surface area contributed by atoms with Gasteiger partial charge in [0.05, 0.1) is 0 Å². The summed E-state index contributed by atoms with van der Waals surface area (Å²) in [6, 6.07) is 1.17. The third kappa shape index (κ3) is 3.97. The average Bonchev–Trinajstić information content (AvgIpc) is 2.10. The monoisotopic (exact) mass is 198 g/mol. The van der Waals surface area contributed by atoms with Gasteiger partial charge in [0.15, 0.2) is 0 Å². The van der Waals surface area contributed by atoms with Crippen LogP contribution in [0.1, 0.15) is 46.5 Å². The molecule has 84 valence electrons. The normalized spacial score (nSPS) is 29.8. The van der Waals surface area contributed by atoms with E-state index in [1.54, 1.807) is 0 Å². The van der Waals surface area contributed by atoms with Crippen molar-refractivity contribution in [2.75, 3.05) is 13.1 Å². The van der Waals surface area contributed by atoms with Crippen LogP contribution in [0.5, 0.6) is 0 Å². The molecule has 0 amide bonds. The van der Waals surface area contributed by atoms with Gasteiger partial charge in [0.1, 0.15) is 0 Å². The van der Waals surface area contributed by atoms with Gasteiger partial charge in [0.2, 0.25) is 0 Å². The topological polar surface area (TPSA) is 29.3 Å². The molecule has 2 N–H and O–H groups in total. The molecule has 0 aromatic heterocycles. The van der Waals surface area contributed by atoms with Crippen molar-refractivity contribution < 1.29 is 0 Å². The summed E-state index contributed by atoms with van der Waals surface area (Å²) in [6.07, 6.45) is 5.16. The van der Waals surface area contributed by atoms with E-state index >= 15 is 0 Å². The first-order chi connectivity index (χ1) is 6.59. The highest BCUT2D eigenvalue weighted by atomic mass is 15.2. The number of rotatable bonds is 4. The Morgan fingerprint density at radius 3 is 2.71 bits per heavy atom. The van der Waals surface area contributed by atoms with Crippen LogP contribution in [0.2, 0.25) is 0 Å². The lowest BCUT2D eigenvalue weighted by Gasteiger charge is -2.36. The Morgan fingerprint density at radius 2 is 2.07 bits per heavy atom. The lowest BCUT2D eigenvalue weighted by Crippen LogP contribution is -2.47. The first kappa shape index (κ1) is 12.0. The molecule has 0 radical (unpaired) electrons. The molecule has 0 saturated carbocycles. The van der Waals surface area contributed by atoms with Crippen molar-refractivity contribution in [3.05, 3.63) is 0 Å². The lowest BCUT2D eigenvalue weighted by atomic mass is 9.99. The number of hydrogen-bond acceptors (Lipinski definition) is 2. The lowest BCUT2D eigenvalue weighted by molar-refractivity contribution is 0.141. The molecule has 0 aromatic carbocycles. The van der Waals surface area contributed by atoms with Crippen LogP contribution in [0.4, 0.5) is 0 Å². The van der Waals surface area contributed by atoms with Crippen molar-refractivity contribution in [1.82, 2.24) is 4.90 Å². The Labute approximate surface area is 88.8 Å². The fraction of sp³-hybridized carbons (Fsp3) is 1.00. The molecule has 14 heavy (non-hydrogen) atoms. The van der Waals surface area contributed by atoms with E-state index in [0.717, 1.165) is 18.5 Å². The van der Waals surface area contributed by atoms with Crippen LogP contribution in [0, 0.1) is 5.92 Å². The molecule has 2 unspecified atom stereocenters. The van der Waals surface area contributed by atoms with E-state index in [1.165, 1.54) is 32.2 Å². The summed E-state index contributed by atoms with van der Waals surface area (Å²) in [7, 11) is 0. The van der Waals surface area contributed by atoms with Crippen LogP contribution in [-0.2, 0) is 0 Å². The van der Waals surface area contributed by atoms with Crippen molar-refractivity contribution >= 4 is 0 Å². The molecule has 2 atom stereocenters. The summed E-state index contributed by atoms with van der Waals surface area (Å²) in [5.41, 5.74) is 5.98. The highest BCUT2D eigenvalue weighted by Gasteiger charge is 2.22. The highest BCUT2D eigenvalue weighted by Crippen LogP contribution is 2.17. The molecule has 0 aromatic rings. The Balaban J connectivity index is 2.20. The second-order valence-electron chi connectivity index (χ2n) is 5.22. The molecule has 2 heteroatoms. The van der Waals surface area contributed by atoms with Crippen LogP contribution in [0.15, 0.2) is 0 Å². The number of hydrogen-bond donors (Lipinski definition) is 1. The molecule has 1 fully saturated rings. The molecule has 0 bridgehead atoms. The maximum Gasteiger partial charge on any atom is 0.0168 e. The molecule has 0 spiro atoms. The number of nitrogens with zero attached hydrogens (tertiary/aromatic N) is 1. The van der Waals surface area contributed by atoms with Gasteiger partial charge in [-0.2, -0.15) is 0 Å². The van der Waals surface area contributed by atoms with Crippen LogP contribution >= 0.6 is 0 Å². The predicted molar refractivity (Wildman–Crippen MR) is 62.3 cm³/mol. The maximum atomic E-state index is 5.98. The summed E-state index contributed by atoms with van der Waals surface area (Å²) in [5, 5.41) is 0.